The normalized spacial score (nSPS) is 29.4. The average Bonchev–Trinajstić information content (AvgIpc) is 2.62. The number of rotatable bonds is 8. The summed E-state index contributed by atoms with van der Waals surface area (Å²) in [6, 6.07) is 1.30. The summed E-state index contributed by atoms with van der Waals surface area (Å²) in [5, 5.41) is 9.96. The summed E-state index contributed by atoms with van der Waals surface area (Å²) in [7, 11) is 9.78. The molecule has 4 unspecified atom stereocenters. The minimum atomic E-state index is -0.556. The van der Waals surface area contributed by atoms with Gasteiger partial charge in [-0.2, -0.15) is 13.1 Å². The van der Waals surface area contributed by atoms with Crippen LogP contribution in [0.15, 0.2) is 0 Å². The van der Waals surface area contributed by atoms with E-state index in [1.54, 1.807) is 0 Å². The molecule has 4 atom stereocenters. The van der Waals surface area contributed by atoms with Crippen molar-refractivity contribution in [1.82, 2.24) is 0 Å². The second-order valence-electron chi connectivity index (χ2n) is 8.89. The van der Waals surface area contributed by atoms with Crippen molar-refractivity contribution in [2.24, 2.45) is 23.7 Å². The van der Waals surface area contributed by atoms with Crippen LogP contribution in [0.4, 0.5) is 0 Å². The molecule has 2 rings (SSSR count). The van der Waals surface area contributed by atoms with Gasteiger partial charge in [0.15, 0.2) is 0 Å². The van der Waals surface area contributed by atoms with Crippen LogP contribution in [0.2, 0.25) is 0 Å². The fourth-order valence-corrected chi connectivity index (χ4v) is 4.56. The van der Waals surface area contributed by atoms with Crippen molar-refractivity contribution >= 4 is 18.6 Å². The molecule has 0 spiro atoms. The molecule has 0 aromatic carbocycles. The Labute approximate surface area is 180 Å². The van der Waals surface area contributed by atoms with Gasteiger partial charge in [-0.25, -0.2) is 0 Å². The van der Waals surface area contributed by atoms with Gasteiger partial charge in [-0.1, -0.05) is 85.5 Å². The van der Waals surface area contributed by atoms with Crippen molar-refractivity contribution in [2.75, 3.05) is 13.1 Å². The molecule has 0 aromatic heterocycles. The van der Waals surface area contributed by atoms with Crippen molar-refractivity contribution in [2.45, 2.75) is 97.6 Å². The van der Waals surface area contributed by atoms with Crippen LogP contribution in [0.3, 0.4) is 0 Å². The predicted octanol–water partition coefficient (Wildman–Crippen LogP) is 7.93. The Morgan fingerprint density at radius 1 is 0.769 bits per heavy atom. The van der Waals surface area contributed by atoms with Gasteiger partial charge in [-0.15, -0.1) is 12.1 Å². The van der Waals surface area contributed by atoms with Crippen molar-refractivity contribution in [3.63, 3.8) is 0 Å². The molecule has 5 heteroatoms. The molecule has 2 aliphatic carbocycles. The SMILES string of the molecule is CC(C)C1CCCC([N-]CCC[N-]C2CCCC(C(C)C)C2)C1.[Cl][Ti][Cl]. The van der Waals surface area contributed by atoms with E-state index in [9.17, 15) is 0 Å². The summed E-state index contributed by atoms with van der Waals surface area (Å²) in [5.74, 6) is 3.50. The van der Waals surface area contributed by atoms with E-state index in [0.717, 1.165) is 36.8 Å². The molecule has 0 aromatic rings. The summed E-state index contributed by atoms with van der Waals surface area (Å²) < 4.78 is 0. The first-order chi connectivity index (χ1) is 12.5. The molecule has 0 saturated heterocycles. The Morgan fingerprint density at radius 3 is 1.50 bits per heavy atom. The molecule has 0 heterocycles. The third kappa shape index (κ3) is 10.7. The zero-order valence-corrected chi connectivity index (χ0v) is 20.5. The molecule has 2 nitrogen and oxygen atoms in total. The van der Waals surface area contributed by atoms with E-state index in [1.807, 2.05) is 0 Å². The summed E-state index contributed by atoms with van der Waals surface area (Å²) in [4.78, 5) is 0. The van der Waals surface area contributed by atoms with Crippen LogP contribution in [-0.2, 0) is 17.0 Å². The Hall–Kier alpha value is 1.21. The maximum absolute atomic E-state index is 4.98. The van der Waals surface area contributed by atoms with Crippen LogP contribution >= 0.6 is 18.6 Å². The monoisotopic (exact) mass is 438 g/mol. The first-order valence-electron chi connectivity index (χ1n) is 10.8. The zero-order valence-electron chi connectivity index (χ0n) is 17.4. The Kier molecular flexibility index (Phi) is 14.7. The maximum atomic E-state index is 4.98. The first-order valence-corrected chi connectivity index (χ1v) is 15.1. The van der Waals surface area contributed by atoms with Crippen LogP contribution in [0.25, 0.3) is 10.6 Å². The molecule has 26 heavy (non-hydrogen) atoms. The topological polar surface area (TPSA) is 28.2 Å². The van der Waals surface area contributed by atoms with Crippen molar-refractivity contribution < 1.29 is 17.0 Å². The van der Waals surface area contributed by atoms with Crippen LogP contribution in [-0.4, -0.2) is 25.2 Å². The van der Waals surface area contributed by atoms with Gasteiger partial charge >= 0.3 is 35.6 Å². The van der Waals surface area contributed by atoms with Crippen LogP contribution in [0.1, 0.15) is 85.5 Å². The van der Waals surface area contributed by atoms with Crippen LogP contribution < -0.4 is 0 Å². The molecule has 0 amide bonds. The average molecular weight is 439 g/mol. The van der Waals surface area contributed by atoms with Gasteiger partial charge in [0, 0.05) is 0 Å². The fraction of sp³-hybridized carbons (Fsp3) is 1.00. The first kappa shape index (κ1) is 25.3. The molecular formula is C21H40Cl2N2Ti-2. The number of halogens is 2. The van der Waals surface area contributed by atoms with E-state index >= 15 is 0 Å². The standard InChI is InChI=1S/C21H40N2.2ClH.Ti/c1-16(2)18-8-5-10-20(14-18)22-12-7-13-23-21-11-6-9-19(15-21)17(3)4;;;/h16-21H,5-15H2,1-4H3;2*1H;/q-2;;;+2/p-2. The third-order valence-corrected chi connectivity index (χ3v) is 6.35. The van der Waals surface area contributed by atoms with Crippen LogP contribution in [0.5, 0.6) is 0 Å². The summed E-state index contributed by atoms with van der Waals surface area (Å²) >= 11 is -0.556. The Bertz CT molecular complexity index is 312. The van der Waals surface area contributed by atoms with Gasteiger partial charge in [0.2, 0.25) is 0 Å². The number of hydrogen-bond donors (Lipinski definition) is 0. The van der Waals surface area contributed by atoms with Gasteiger partial charge in [0.25, 0.3) is 0 Å². The molecular weight excluding hydrogens is 399 g/mol. The number of hydrogen-bond acceptors (Lipinski definition) is 0. The second-order valence-corrected chi connectivity index (χ2v) is 11.5. The predicted molar refractivity (Wildman–Crippen MR) is 114 cm³/mol. The summed E-state index contributed by atoms with van der Waals surface area (Å²) in [5.41, 5.74) is 0. The van der Waals surface area contributed by atoms with Gasteiger partial charge in [-0.3, -0.25) is 0 Å². The van der Waals surface area contributed by atoms with Gasteiger partial charge < -0.3 is 10.6 Å². The molecule has 154 valence electrons. The summed E-state index contributed by atoms with van der Waals surface area (Å²) in [6.07, 6.45) is 12.2. The Morgan fingerprint density at radius 2 is 1.15 bits per heavy atom. The van der Waals surface area contributed by atoms with E-state index in [4.69, 9.17) is 29.2 Å². The van der Waals surface area contributed by atoms with E-state index in [-0.39, 0.29) is 0 Å². The second kappa shape index (κ2) is 15.1. The third-order valence-electron chi connectivity index (χ3n) is 6.35. The number of nitrogens with zero attached hydrogens (tertiary/aromatic N) is 2. The van der Waals surface area contributed by atoms with Crippen molar-refractivity contribution in [1.29, 1.82) is 0 Å². The van der Waals surface area contributed by atoms with Gasteiger partial charge in [-0.05, 0) is 23.7 Å². The molecule has 2 aliphatic rings. The molecule has 2 fully saturated rings. The van der Waals surface area contributed by atoms with E-state index < -0.39 is 17.0 Å². The summed E-state index contributed by atoms with van der Waals surface area (Å²) in [6.45, 7) is 11.6. The van der Waals surface area contributed by atoms with E-state index in [1.165, 1.54) is 57.8 Å². The fourth-order valence-electron chi connectivity index (χ4n) is 4.56. The molecule has 0 bridgehead atoms. The van der Waals surface area contributed by atoms with E-state index in [0.29, 0.717) is 12.1 Å². The minimum absolute atomic E-state index is 0.556. The molecule has 0 N–H and O–H groups in total. The molecule has 2 saturated carbocycles. The molecule has 0 aliphatic heterocycles. The van der Waals surface area contributed by atoms with Gasteiger partial charge in [0.05, 0.1) is 0 Å². The molecule has 0 radical (unpaired) electrons. The Balaban J connectivity index is 0.00000105. The van der Waals surface area contributed by atoms with Crippen molar-refractivity contribution in [3.8, 4) is 0 Å². The quantitative estimate of drug-likeness (QED) is 0.271. The van der Waals surface area contributed by atoms with E-state index in [2.05, 4.69) is 27.7 Å². The van der Waals surface area contributed by atoms with Gasteiger partial charge in [0.1, 0.15) is 0 Å². The van der Waals surface area contributed by atoms with Crippen LogP contribution in [0, 0.1) is 23.7 Å². The zero-order chi connectivity index (χ0) is 19.4. The van der Waals surface area contributed by atoms with Crippen molar-refractivity contribution in [3.05, 3.63) is 10.6 Å².